The van der Waals surface area contributed by atoms with Gasteiger partial charge in [0.25, 0.3) is 0 Å². The molecule has 0 saturated carbocycles. The van der Waals surface area contributed by atoms with Gasteiger partial charge in [0.2, 0.25) is 10.0 Å². The van der Waals surface area contributed by atoms with Crippen molar-refractivity contribution in [3.63, 3.8) is 0 Å². The molecule has 0 aliphatic heterocycles. The summed E-state index contributed by atoms with van der Waals surface area (Å²) in [5.74, 6) is -0.0204. The van der Waals surface area contributed by atoms with Gasteiger partial charge < -0.3 is 5.11 Å². The van der Waals surface area contributed by atoms with Gasteiger partial charge in [0.1, 0.15) is 0 Å². The average Bonchev–Trinajstić information content (AvgIpc) is 2.26. The van der Waals surface area contributed by atoms with Crippen LogP contribution >= 0.6 is 0 Å². The fourth-order valence-corrected chi connectivity index (χ4v) is 2.45. The molecular formula is C12H19NO3S. The first-order valence-electron chi connectivity index (χ1n) is 5.60. The Morgan fingerprint density at radius 3 is 2.35 bits per heavy atom. The molecule has 1 aromatic rings. The highest BCUT2D eigenvalue weighted by atomic mass is 32.2. The monoisotopic (exact) mass is 257 g/mol. The van der Waals surface area contributed by atoms with Gasteiger partial charge in [-0.25, -0.2) is 13.1 Å². The first kappa shape index (κ1) is 14.2. The molecule has 0 spiro atoms. The number of benzene rings is 1. The Balaban J connectivity index is 2.53. The van der Waals surface area contributed by atoms with Crippen LogP contribution in [-0.2, 0) is 15.8 Å². The second kappa shape index (κ2) is 6.14. The van der Waals surface area contributed by atoms with Gasteiger partial charge in [0, 0.05) is 6.54 Å². The maximum atomic E-state index is 11.7. The molecule has 1 rings (SSSR count). The van der Waals surface area contributed by atoms with Crippen LogP contribution in [0.4, 0.5) is 0 Å². The van der Waals surface area contributed by atoms with Crippen LogP contribution in [-0.4, -0.2) is 26.2 Å². The molecule has 0 radical (unpaired) electrons. The number of rotatable bonds is 6. The van der Waals surface area contributed by atoms with Crippen LogP contribution in [0, 0.1) is 5.92 Å². The first-order chi connectivity index (χ1) is 7.91. The number of nitrogens with one attached hydrogen (secondary N) is 1. The first-order valence-corrected chi connectivity index (χ1v) is 7.25. The molecule has 0 aromatic heterocycles. The van der Waals surface area contributed by atoms with Crippen LogP contribution < -0.4 is 4.72 Å². The zero-order valence-corrected chi connectivity index (χ0v) is 10.9. The van der Waals surface area contributed by atoms with E-state index in [0.717, 1.165) is 5.56 Å². The van der Waals surface area contributed by atoms with Crippen LogP contribution in [0.1, 0.15) is 19.4 Å². The number of sulfonamides is 1. The van der Waals surface area contributed by atoms with Gasteiger partial charge in [-0.3, -0.25) is 0 Å². The van der Waals surface area contributed by atoms with Gasteiger partial charge in [-0.05, 0) is 11.5 Å². The van der Waals surface area contributed by atoms with Crippen molar-refractivity contribution in [1.29, 1.82) is 0 Å². The highest BCUT2D eigenvalue weighted by Gasteiger charge is 2.15. The lowest BCUT2D eigenvalue weighted by molar-refractivity contribution is 0.129. The summed E-state index contributed by atoms with van der Waals surface area (Å²) >= 11 is 0. The van der Waals surface area contributed by atoms with Crippen molar-refractivity contribution in [3.8, 4) is 0 Å². The number of hydrogen-bond acceptors (Lipinski definition) is 3. The minimum atomic E-state index is -3.37. The van der Waals surface area contributed by atoms with Crippen molar-refractivity contribution < 1.29 is 13.5 Å². The second-order valence-electron chi connectivity index (χ2n) is 4.40. The summed E-state index contributed by atoms with van der Waals surface area (Å²) in [5.41, 5.74) is 0.735. The van der Waals surface area contributed by atoms with Crippen molar-refractivity contribution >= 4 is 10.0 Å². The predicted molar refractivity (Wildman–Crippen MR) is 67.9 cm³/mol. The Kier molecular flexibility index (Phi) is 5.11. The van der Waals surface area contributed by atoms with Crippen molar-refractivity contribution in [1.82, 2.24) is 4.72 Å². The largest absolute Gasteiger partial charge is 0.391 e. The Labute approximate surface area is 103 Å². The van der Waals surface area contributed by atoms with Gasteiger partial charge in [0.05, 0.1) is 11.9 Å². The van der Waals surface area contributed by atoms with Crippen LogP contribution in [0.2, 0.25) is 0 Å². The average molecular weight is 257 g/mol. The summed E-state index contributed by atoms with van der Waals surface area (Å²) in [6.07, 6.45) is -0.652. The molecule has 0 fully saturated rings. The van der Waals surface area contributed by atoms with E-state index in [4.69, 9.17) is 0 Å². The molecule has 1 atom stereocenters. The van der Waals surface area contributed by atoms with E-state index >= 15 is 0 Å². The maximum Gasteiger partial charge on any atom is 0.215 e. The van der Waals surface area contributed by atoms with E-state index in [1.165, 1.54) is 0 Å². The van der Waals surface area contributed by atoms with Crippen molar-refractivity contribution in [2.75, 3.05) is 6.54 Å². The summed E-state index contributed by atoms with van der Waals surface area (Å²) in [4.78, 5) is 0. The number of aliphatic hydroxyl groups excluding tert-OH is 1. The van der Waals surface area contributed by atoms with Crippen LogP contribution in [0.5, 0.6) is 0 Å². The quantitative estimate of drug-likeness (QED) is 0.802. The molecular weight excluding hydrogens is 238 g/mol. The Morgan fingerprint density at radius 1 is 1.24 bits per heavy atom. The van der Waals surface area contributed by atoms with E-state index < -0.39 is 16.1 Å². The molecule has 0 bridgehead atoms. The lowest BCUT2D eigenvalue weighted by Gasteiger charge is -2.15. The van der Waals surface area contributed by atoms with Crippen molar-refractivity contribution in [2.24, 2.45) is 5.92 Å². The molecule has 0 amide bonds. The molecule has 0 aliphatic rings. The Bertz CT molecular complexity index is 428. The van der Waals surface area contributed by atoms with Crippen molar-refractivity contribution in [3.05, 3.63) is 35.9 Å². The number of aliphatic hydroxyl groups is 1. The fourth-order valence-electron chi connectivity index (χ4n) is 1.29. The van der Waals surface area contributed by atoms with E-state index in [0.29, 0.717) is 0 Å². The number of hydrogen-bond donors (Lipinski definition) is 2. The second-order valence-corrected chi connectivity index (χ2v) is 6.21. The van der Waals surface area contributed by atoms with Gasteiger partial charge >= 0.3 is 0 Å². The molecule has 17 heavy (non-hydrogen) atoms. The van der Waals surface area contributed by atoms with Gasteiger partial charge in [0.15, 0.2) is 0 Å². The zero-order chi connectivity index (χ0) is 12.9. The molecule has 4 nitrogen and oxygen atoms in total. The highest BCUT2D eigenvalue weighted by Crippen LogP contribution is 2.05. The molecule has 0 saturated heterocycles. The lowest BCUT2D eigenvalue weighted by atomic mass is 10.1. The normalized spacial score (nSPS) is 13.9. The molecule has 0 heterocycles. The minimum absolute atomic E-state index is 0.0365. The van der Waals surface area contributed by atoms with E-state index in [1.807, 2.05) is 19.9 Å². The molecule has 5 heteroatoms. The van der Waals surface area contributed by atoms with Crippen LogP contribution in [0.3, 0.4) is 0 Å². The Hall–Kier alpha value is -0.910. The van der Waals surface area contributed by atoms with Gasteiger partial charge in [-0.15, -0.1) is 0 Å². The fraction of sp³-hybridized carbons (Fsp3) is 0.500. The van der Waals surface area contributed by atoms with Gasteiger partial charge in [-0.1, -0.05) is 44.2 Å². The van der Waals surface area contributed by atoms with Gasteiger partial charge in [-0.2, -0.15) is 0 Å². The standard InChI is InChI=1S/C12H19NO3S/c1-10(2)12(14)8-13-17(15,16)9-11-6-4-3-5-7-11/h3-7,10,12-14H,8-9H2,1-2H3/t12-/m0/s1. The summed E-state index contributed by atoms with van der Waals surface area (Å²) in [7, 11) is -3.37. The van der Waals surface area contributed by atoms with E-state index in [-0.39, 0.29) is 18.2 Å². The minimum Gasteiger partial charge on any atom is -0.391 e. The SMILES string of the molecule is CC(C)[C@@H](O)CNS(=O)(=O)Cc1ccccc1. The molecule has 2 N–H and O–H groups in total. The predicted octanol–water partition coefficient (Wildman–Crippen LogP) is 1.12. The third kappa shape index (κ3) is 5.30. The third-order valence-corrected chi connectivity index (χ3v) is 3.80. The molecule has 96 valence electrons. The van der Waals surface area contributed by atoms with E-state index in [1.54, 1.807) is 24.3 Å². The van der Waals surface area contributed by atoms with Crippen molar-refractivity contribution in [2.45, 2.75) is 25.7 Å². The van der Waals surface area contributed by atoms with E-state index in [9.17, 15) is 13.5 Å². The topological polar surface area (TPSA) is 66.4 Å². The highest BCUT2D eigenvalue weighted by molar-refractivity contribution is 7.88. The summed E-state index contributed by atoms with van der Waals surface area (Å²) in [6.45, 7) is 3.75. The molecule has 0 unspecified atom stereocenters. The zero-order valence-electron chi connectivity index (χ0n) is 10.1. The summed E-state index contributed by atoms with van der Waals surface area (Å²) in [6, 6.07) is 8.96. The van der Waals surface area contributed by atoms with Crippen LogP contribution in [0.15, 0.2) is 30.3 Å². The molecule has 0 aliphatic carbocycles. The molecule has 1 aromatic carbocycles. The maximum absolute atomic E-state index is 11.7. The van der Waals surface area contributed by atoms with Crippen LogP contribution in [0.25, 0.3) is 0 Å². The van der Waals surface area contributed by atoms with E-state index in [2.05, 4.69) is 4.72 Å². The Morgan fingerprint density at radius 2 is 1.82 bits per heavy atom. The summed E-state index contributed by atoms with van der Waals surface area (Å²) < 4.78 is 25.8. The lowest BCUT2D eigenvalue weighted by Crippen LogP contribution is -2.35. The smallest absolute Gasteiger partial charge is 0.215 e. The third-order valence-electron chi connectivity index (χ3n) is 2.48. The summed E-state index contributed by atoms with van der Waals surface area (Å²) in [5, 5.41) is 9.53.